The van der Waals surface area contributed by atoms with Crippen LogP contribution in [-0.4, -0.2) is 6.61 Å². The third-order valence-corrected chi connectivity index (χ3v) is 4.23. The first-order chi connectivity index (χ1) is 9.69. The van der Waals surface area contributed by atoms with Gasteiger partial charge in [0.2, 0.25) is 0 Å². The fraction of sp³-hybridized carbons (Fsp3) is 0.200. The van der Waals surface area contributed by atoms with Crippen LogP contribution in [0.3, 0.4) is 0 Å². The van der Waals surface area contributed by atoms with Crippen molar-refractivity contribution >= 4 is 23.2 Å². The van der Waals surface area contributed by atoms with E-state index in [9.17, 15) is 0 Å². The molecule has 104 valence electrons. The molecule has 1 aliphatic rings. The first kappa shape index (κ1) is 13.7. The average Bonchev–Trinajstić information content (AvgIpc) is 2.91. The largest absolute Gasteiger partial charge is 0.493 e. The van der Waals surface area contributed by atoms with Crippen LogP contribution in [-0.2, 0) is 6.42 Å². The van der Waals surface area contributed by atoms with Crippen LogP contribution in [0.4, 0.5) is 0 Å². The van der Waals surface area contributed by atoms with Gasteiger partial charge in [0.25, 0.3) is 0 Å². The molecule has 2 aromatic carbocycles. The topological polar surface area (TPSA) is 47.3 Å². The Morgan fingerprint density at radius 1 is 1.05 bits per heavy atom. The smallest absolute Gasteiger partial charge is 0.122 e. The van der Waals surface area contributed by atoms with Crippen molar-refractivity contribution in [3.63, 3.8) is 0 Å². The van der Waals surface area contributed by atoms with Gasteiger partial charge in [-0.05, 0) is 34.9 Å². The van der Waals surface area contributed by atoms with Crippen molar-refractivity contribution in [2.45, 2.75) is 12.5 Å². The van der Waals surface area contributed by atoms with Gasteiger partial charge in [0.05, 0.1) is 22.7 Å². The lowest BCUT2D eigenvalue weighted by Gasteiger charge is -2.18. The van der Waals surface area contributed by atoms with Gasteiger partial charge >= 0.3 is 0 Å². The van der Waals surface area contributed by atoms with Crippen molar-refractivity contribution in [3.8, 4) is 5.75 Å². The molecule has 0 aliphatic carbocycles. The Morgan fingerprint density at radius 2 is 1.80 bits per heavy atom. The molecule has 0 saturated carbocycles. The Kier molecular flexibility index (Phi) is 3.85. The molecule has 0 saturated heterocycles. The molecule has 0 radical (unpaired) electrons. The summed E-state index contributed by atoms with van der Waals surface area (Å²) < 4.78 is 5.52. The average molecular weight is 309 g/mol. The monoisotopic (exact) mass is 308 g/mol. The summed E-state index contributed by atoms with van der Waals surface area (Å²) in [5.41, 5.74) is 6.09. The first-order valence-corrected chi connectivity index (χ1v) is 7.11. The van der Waals surface area contributed by atoms with Crippen LogP contribution in [0.15, 0.2) is 36.4 Å². The van der Waals surface area contributed by atoms with E-state index in [2.05, 4.69) is 11.5 Å². The van der Waals surface area contributed by atoms with E-state index < -0.39 is 0 Å². The number of hydrogen-bond donors (Lipinski definition) is 2. The molecule has 0 fully saturated rings. The SMILES string of the molecule is NNC(c1ccc(Cl)c(Cl)c1)c1ccc2c(c1)CCO2. The number of nitrogens with two attached hydrogens (primary N) is 1. The van der Waals surface area contributed by atoms with Gasteiger partial charge in [0.1, 0.15) is 5.75 Å². The number of halogens is 2. The Bertz CT molecular complexity index is 646. The Hall–Kier alpha value is -1.26. The number of hydrazine groups is 1. The molecular formula is C15H14Cl2N2O. The second-order valence-corrected chi connectivity index (χ2v) is 5.55. The second-order valence-electron chi connectivity index (χ2n) is 4.74. The lowest BCUT2D eigenvalue weighted by molar-refractivity contribution is 0.357. The summed E-state index contributed by atoms with van der Waals surface area (Å²) in [5, 5.41) is 1.06. The van der Waals surface area contributed by atoms with Crippen LogP contribution in [0.5, 0.6) is 5.75 Å². The maximum absolute atomic E-state index is 6.08. The predicted molar refractivity (Wildman–Crippen MR) is 81.3 cm³/mol. The highest BCUT2D eigenvalue weighted by atomic mass is 35.5. The Labute approximate surface area is 127 Å². The van der Waals surface area contributed by atoms with Crippen LogP contribution < -0.4 is 16.0 Å². The van der Waals surface area contributed by atoms with E-state index in [1.807, 2.05) is 24.3 Å². The van der Waals surface area contributed by atoms with Gasteiger partial charge in [0.15, 0.2) is 0 Å². The molecule has 0 amide bonds. The van der Waals surface area contributed by atoms with Gasteiger partial charge < -0.3 is 4.74 Å². The standard InChI is InChI=1S/C15H14Cl2N2O/c16-12-3-1-11(8-13(12)17)15(19-18)10-2-4-14-9(7-10)5-6-20-14/h1-4,7-8,15,19H,5-6,18H2. The summed E-state index contributed by atoms with van der Waals surface area (Å²) in [6.45, 7) is 0.742. The number of hydrogen-bond acceptors (Lipinski definition) is 3. The maximum Gasteiger partial charge on any atom is 0.122 e. The van der Waals surface area contributed by atoms with Crippen molar-refractivity contribution < 1.29 is 4.74 Å². The minimum atomic E-state index is -0.129. The van der Waals surface area contributed by atoms with E-state index in [0.717, 1.165) is 29.9 Å². The maximum atomic E-state index is 6.08. The van der Waals surface area contributed by atoms with Gasteiger partial charge in [-0.2, -0.15) is 0 Å². The number of fused-ring (bicyclic) bond motifs is 1. The van der Waals surface area contributed by atoms with Crippen molar-refractivity contribution in [1.29, 1.82) is 0 Å². The molecule has 2 aromatic rings. The zero-order valence-electron chi connectivity index (χ0n) is 10.7. The normalized spacial score (nSPS) is 14.8. The molecule has 3 N–H and O–H groups in total. The summed E-state index contributed by atoms with van der Waals surface area (Å²) in [4.78, 5) is 0. The molecular weight excluding hydrogens is 295 g/mol. The quantitative estimate of drug-likeness (QED) is 0.674. The van der Waals surface area contributed by atoms with Gasteiger partial charge in [-0.15, -0.1) is 0 Å². The molecule has 1 unspecified atom stereocenters. The lowest BCUT2D eigenvalue weighted by atomic mass is 9.97. The first-order valence-electron chi connectivity index (χ1n) is 6.36. The van der Waals surface area contributed by atoms with Crippen LogP contribution in [0, 0.1) is 0 Å². The summed E-state index contributed by atoms with van der Waals surface area (Å²) in [7, 11) is 0. The Morgan fingerprint density at radius 3 is 2.55 bits per heavy atom. The highest BCUT2D eigenvalue weighted by molar-refractivity contribution is 6.42. The zero-order chi connectivity index (χ0) is 14.1. The molecule has 1 heterocycles. The van der Waals surface area contributed by atoms with Gasteiger partial charge in [0, 0.05) is 6.42 Å². The molecule has 0 aromatic heterocycles. The molecule has 3 rings (SSSR count). The fourth-order valence-electron chi connectivity index (χ4n) is 2.46. The number of rotatable bonds is 3. The van der Waals surface area contributed by atoms with Crippen LogP contribution in [0.2, 0.25) is 10.0 Å². The Balaban J connectivity index is 1.98. The van der Waals surface area contributed by atoms with Crippen LogP contribution >= 0.6 is 23.2 Å². The molecule has 0 bridgehead atoms. The van der Waals surface area contributed by atoms with E-state index in [4.69, 9.17) is 33.8 Å². The number of benzene rings is 2. The minimum Gasteiger partial charge on any atom is -0.493 e. The van der Waals surface area contributed by atoms with Crippen molar-refractivity contribution in [3.05, 3.63) is 63.1 Å². The van der Waals surface area contributed by atoms with Crippen molar-refractivity contribution in [1.82, 2.24) is 5.43 Å². The van der Waals surface area contributed by atoms with Crippen LogP contribution in [0.25, 0.3) is 0 Å². The fourth-order valence-corrected chi connectivity index (χ4v) is 2.77. The summed E-state index contributed by atoms with van der Waals surface area (Å²) in [6.07, 6.45) is 0.932. The molecule has 1 atom stereocenters. The van der Waals surface area contributed by atoms with E-state index in [1.165, 1.54) is 5.56 Å². The highest BCUT2D eigenvalue weighted by Gasteiger charge is 2.18. The predicted octanol–water partition coefficient (Wildman–Crippen LogP) is 3.48. The number of ether oxygens (including phenoxy) is 1. The van der Waals surface area contributed by atoms with E-state index in [-0.39, 0.29) is 6.04 Å². The highest BCUT2D eigenvalue weighted by Crippen LogP contribution is 2.32. The lowest BCUT2D eigenvalue weighted by Crippen LogP contribution is -2.28. The number of nitrogens with one attached hydrogen (secondary N) is 1. The molecule has 5 heteroatoms. The molecule has 0 spiro atoms. The summed E-state index contributed by atoms with van der Waals surface area (Å²) in [6, 6.07) is 11.5. The third kappa shape index (κ3) is 2.50. The molecule has 3 nitrogen and oxygen atoms in total. The molecule has 1 aliphatic heterocycles. The van der Waals surface area contributed by atoms with Gasteiger partial charge in [-0.25, -0.2) is 5.43 Å². The molecule has 20 heavy (non-hydrogen) atoms. The van der Waals surface area contributed by atoms with Crippen molar-refractivity contribution in [2.24, 2.45) is 5.84 Å². The zero-order valence-corrected chi connectivity index (χ0v) is 12.2. The summed E-state index contributed by atoms with van der Waals surface area (Å²) in [5.74, 6) is 6.67. The van der Waals surface area contributed by atoms with E-state index in [0.29, 0.717) is 10.0 Å². The van der Waals surface area contributed by atoms with E-state index in [1.54, 1.807) is 6.07 Å². The summed E-state index contributed by atoms with van der Waals surface area (Å²) >= 11 is 12.0. The van der Waals surface area contributed by atoms with Gasteiger partial charge in [-0.3, -0.25) is 5.84 Å². The second kappa shape index (κ2) is 5.62. The third-order valence-electron chi connectivity index (χ3n) is 3.49. The minimum absolute atomic E-state index is 0.129. The van der Waals surface area contributed by atoms with Crippen molar-refractivity contribution in [2.75, 3.05) is 6.61 Å². The van der Waals surface area contributed by atoms with Crippen LogP contribution in [0.1, 0.15) is 22.7 Å². The van der Waals surface area contributed by atoms with E-state index >= 15 is 0 Å². The van der Waals surface area contributed by atoms with Gasteiger partial charge in [-0.1, -0.05) is 41.4 Å².